The van der Waals surface area contributed by atoms with Crippen molar-refractivity contribution < 1.29 is 24.5 Å². The van der Waals surface area contributed by atoms with Crippen LogP contribution < -0.4 is 0 Å². The lowest BCUT2D eigenvalue weighted by Crippen LogP contribution is -2.34. The minimum absolute atomic E-state index is 0.262. The first-order valence-corrected chi connectivity index (χ1v) is 5.74. The van der Waals surface area contributed by atoms with E-state index < -0.39 is 11.9 Å². The van der Waals surface area contributed by atoms with Crippen LogP contribution in [0, 0.1) is 0 Å². The third-order valence-corrected chi connectivity index (χ3v) is 2.53. The SMILES string of the molecule is COCc1ccccc1CN(CC(=O)O)CC(=O)O. The molecule has 0 aromatic heterocycles. The minimum Gasteiger partial charge on any atom is -0.480 e. The molecule has 0 spiro atoms. The van der Waals surface area contributed by atoms with Crippen LogP contribution in [0.2, 0.25) is 0 Å². The van der Waals surface area contributed by atoms with Crippen molar-refractivity contribution in [2.75, 3.05) is 20.2 Å². The van der Waals surface area contributed by atoms with Gasteiger partial charge in [0.25, 0.3) is 0 Å². The van der Waals surface area contributed by atoms with Crippen LogP contribution in [0.1, 0.15) is 11.1 Å². The Hall–Kier alpha value is -1.92. The van der Waals surface area contributed by atoms with E-state index >= 15 is 0 Å². The van der Waals surface area contributed by atoms with E-state index in [4.69, 9.17) is 14.9 Å². The van der Waals surface area contributed by atoms with Gasteiger partial charge in [0.1, 0.15) is 0 Å². The molecule has 104 valence electrons. The molecular formula is C13H17NO5. The van der Waals surface area contributed by atoms with Gasteiger partial charge in [-0.25, -0.2) is 0 Å². The van der Waals surface area contributed by atoms with Gasteiger partial charge in [0.2, 0.25) is 0 Å². The molecule has 0 radical (unpaired) electrons. The molecule has 0 fully saturated rings. The van der Waals surface area contributed by atoms with Crippen LogP contribution in [0.3, 0.4) is 0 Å². The van der Waals surface area contributed by atoms with Gasteiger partial charge in [0.15, 0.2) is 0 Å². The van der Waals surface area contributed by atoms with E-state index in [1.807, 2.05) is 24.3 Å². The predicted molar refractivity (Wildman–Crippen MR) is 67.7 cm³/mol. The van der Waals surface area contributed by atoms with E-state index in [0.29, 0.717) is 6.61 Å². The number of carbonyl (C=O) groups is 2. The summed E-state index contributed by atoms with van der Waals surface area (Å²) >= 11 is 0. The third kappa shape index (κ3) is 5.50. The lowest BCUT2D eigenvalue weighted by molar-refractivity contribution is -0.142. The normalized spacial score (nSPS) is 10.6. The summed E-state index contributed by atoms with van der Waals surface area (Å²) in [6, 6.07) is 7.40. The molecule has 0 amide bonds. The highest BCUT2D eigenvalue weighted by Gasteiger charge is 2.15. The topological polar surface area (TPSA) is 87.1 Å². The Morgan fingerprint density at radius 1 is 1.11 bits per heavy atom. The van der Waals surface area contributed by atoms with E-state index in [0.717, 1.165) is 11.1 Å². The Balaban J connectivity index is 2.82. The summed E-state index contributed by atoms with van der Waals surface area (Å²) in [5.41, 5.74) is 1.79. The quantitative estimate of drug-likeness (QED) is 0.724. The third-order valence-electron chi connectivity index (χ3n) is 2.53. The first-order chi connectivity index (χ1) is 9.02. The molecule has 2 N–H and O–H groups in total. The molecule has 0 bridgehead atoms. The minimum atomic E-state index is -1.05. The molecule has 0 atom stereocenters. The summed E-state index contributed by atoms with van der Waals surface area (Å²) in [5, 5.41) is 17.6. The van der Waals surface area contributed by atoms with Gasteiger partial charge in [-0.2, -0.15) is 0 Å². The molecule has 0 aliphatic rings. The van der Waals surface area contributed by atoms with Gasteiger partial charge < -0.3 is 14.9 Å². The molecule has 0 aliphatic carbocycles. The average Bonchev–Trinajstić information content (AvgIpc) is 2.30. The van der Waals surface area contributed by atoms with Crippen LogP contribution in [-0.2, 0) is 27.5 Å². The zero-order chi connectivity index (χ0) is 14.3. The van der Waals surface area contributed by atoms with Crippen molar-refractivity contribution in [3.63, 3.8) is 0 Å². The van der Waals surface area contributed by atoms with Crippen molar-refractivity contribution in [2.24, 2.45) is 0 Å². The van der Waals surface area contributed by atoms with E-state index in [1.165, 1.54) is 4.90 Å². The number of carboxylic acid groups (broad SMARTS) is 2. The molecular weight excluding hydrogens is 250 g/mol. The standard InChI is InChI=1S/C13H17NO5/c1-19-9-11-5-3-2-4-10(11)6-14(7-12(15)16)8-13(17)18/h2-5H,6-9H2,1H3,(H,15,16)(H,17,18). The van der Waals surface area contributed by atoms with Gasteiger partial charge in [0, 0.05) is 13.7 Å². The maximum absolute atomic E-state index is 10.7. The van der Waals surface area contributed by atoms with E-state index in [2.05, 4.69) is 0 Å². The Kier molecular flexibility index (Phi) is 5.98. The van der Waals surface area contributed by atoms with Crippen molar-refractivity contribution in [2.45, 2.75) is 13.2 Å². The first kappa shape index (κ1) is 15.1. The van der Waals surface area contributed by atoms with Crippen LogP contribution in [-0.4, -0.2) is 47.3 Å². The molecule has 6 nitrogen and oxygen atoms in total. The summed E-state index contributed by atoms with van der Waals surface area (Å²) in [6.07, 6.45) is 0. The highest BCUT2D eigenvalue weighted by molar-refractivity contribution is 5.72. The number of benzene rings is 1. The molecule has 0 unspecified atom stereocenters. The number of ether oxygens (including phenoxy) is 1. The fourth-order valence-electron chi connectivity index (χ4n) is 1.80. The second-order valence-corrected chi connectivity index (χ2v) is 4.13. The summed E-state index contributed by atoms with van der Waals surface area (Å²) < 4.78 is 5.06. The number of aliphatic carboxylic acids is 2. The molecule has 1 rings (SSSR count). The van der Waals surface area contributed by atoms with Gasteiger partial charge >= 0.3 is 11.9 Å². The zero-order valence-corrected chi connectivity index (χ0v) is 10.7. The Bertz CT molecular complexity index is 430. The van der Waals surface area contributed by atoms with Gasteiger partial charge in [-0.05, 0) is 11.1 Å². The van der Waals surface area contributed by atoms with E-state index in [1.54, 1.807) is 7.11 Å². The van der Waals surface area contributed by atoms with Crippen LogP contribution in [0.25, 0.3) is 0 Å². The Morgan fingerprint density at radius 2 is 1.63 bits per heavy atom. The van der Waals surface area contributed by atoms with Crippen molar-refractivity contribution >= 4 is 11.9 Å². The highest BCUT2D eigenvalue weighted by atomic mass is 16.5. The average molecular weight is 267 g/mol. The van der Waals surface area contributed by atoms with Crippen molar-refractivity contribution in [1.29, 1.82) is 0 Å². The van der Waals surface area contributed by atoms with Crippen molar-refractivity contribution in [3.05, 3.63) is 35.4 Å². The van der Waals surface area contributed by atoms with Gasteiger partial charge in [-0.15, -0.1) is 0 Å². The van der Waals surface area contributed by atoms with Crippen LogP contribution in [0.5, 0.6) is 0 Å². The summed E-state index contributed by atoms with van der Waals surface area (Å²) in [5.74, 6) is -2.10. The monoisotopic (exact) mass is 267 g/mol. The van der Waals surface area contributed by atoms with Crippen LogP contribution >= 0.6 is 0 Å². The van der Waals surface area contributed by atoms with Crippen LogP contribution in [0.4, 0.5) is 0 Å². The Morgan fingerprint density at radius 3 is 2.11 bits per heavy atom. The number of hydrogen-bond donors (Lipinski definition) is 2. The predicted octanol–water partition coefficient (Wildman–Crippen LogP) is 0.804. The summed E-state index contributed by atoms with van der Waals surface area (Å²) in [4.78, 5) is 22.8. The van der Waals surface area contributed by atoms with E-state index in [9.17, 15) is 9.59 Å². The van der Waals surface area contributed by atoms with Gasteiger partial charge in [-0.3, -0.25) is 14.5 Å². The van der Waals surface area contributed by atoms with Gasteiger partial charge in [0.05, 0.1) is 19.7 Å². The molecule has 6 heteroatoms. The molecule has 0 saturated carbocycles. The molecule has 0 aliphatic heterocycles. The highest BCUT2D eigenvalue weighted by Crippen LogP contribution is 2.12. The smallest absolute Gasteiger partial charge is 0.317 e. The maximum atomic E-state index is 10.7. The van der Waals surface area contributed by atoms with E-state index in [-0.39, 0.29) is 19.6 Å². The molecule has 0 saturated heterocycles. The lowest BCUT2D eigenvalue weighted by atomic mass is 10.1. The number of nitrogens with zero attached hydrogens (tertiary/aromatic N) is 1. The number of rotatable bonds is 8. The summed E-state index contributed by atoms with van der Waals surface area (Å²) in [6.45, 7) is 0.0452. The molecule has 1 aromatic rings. The zero-order valence-electron chi connectivity index (χ0n) is 10.7. The Labute approximate surface area is 111 Å². The number of carboxylic acids is 2. The first-order valence-electron chi connectivity index (χ1n) is 5.74. The fraction of sp³-hybridized carbons (Fsp3) is 0.385. The number of methoxy groups -OCH3 is 1. The molecule has 0 heterocycles. The summed E-state index contributed by atoms with van der Waals surface area (Å²) in [7, 11) is 1.57. The van der Waals surface area contributed by atoms with Crippen LogP contribution in [0.15, 0.2) is 24.3 Å². The fourth-order valence-corrected chi connectivity index (χ4v) is 1.80. The molecule has 1 aromatic carbocycles. The van der Waals surface area contributed by atoms with Crippen molar-refractivity contribution in [1.82, 2.24) is 4.90 Å². The molecule has 19 heavy (non-hydrogen) atoms. The maximum Gasteiger partial charge on any atom is 0.317 e. The van der Waals surface area contributed by atoms with Gasteiger partial charge in [-0.1, -0.05) is 24.3 Å². The second-order valence-electron chi connectivity index (χ2n) is 4.13. The lowest BCUT2D eigenvalue weighted by Gasteiger charge is -2.19. The number of hydrogen-bond acceptors (Lipinski definition) is 4. The largest absolute Gasteiger partial charge is 0.480 e. The second kappa shape index (κ2) is 7.50. The van der Waals surface area contributed by atoms with Crippen molar-refractivity contribution in [3.8, 4) is 0 Å².